The fourth-order valence-corrected chi connectivity index (χ4v) is 2.62. The van der Waals surface area contributed by atoms with E-state index in [0.717, 1.165) is 44.9 Å². The second-order valence-corrected chi connectivity index (χ2v) is 4.53. The molecule has 1 unspecified atom stereocenters. The number of amides is 1. The molecule has 0 radical (unpaired) electrons. The maximum atomic E-state index is 11.2. The summed E-state index contributed by atoms with van der Waals surface area (Å²) in [7, 11) is 0. The van der Waals surface area contributed by atoms with Crippen molar-refractivity contribution in [2.45, 2.75) is 64.0 Å². The first-order valence-corrected chi connectivity index (χ1v) is 5.91. The van der Waals surface area contributed by atoms with Gasteiger partial charge in [0.1, 0.15) is 5.54 Å². The van der Waals surface area contributed by atoms with E-state index in [1.54, 1.807) is 0 Å². The number of carbonyl (C=O) groups is 1. The molecule has 2 nitrogen and oxygen atoms in total. The molecule has 0 aromatic carbocycles. The Labute approximate surface area is 93.0 Å². The second kappa shape index (κ2) is 5.21. The smallest absolute Gasteiger partial charge is 0.211 e. The Morgan fingerprint density at radius 3 is 2.53 bits per heavy atom. The molecule has 0 aromatic rings. The first-order chi connectivity index (χ1) is 7.20. The zero-order chi connectivity index (χ0) is 11.3. The SMILES string of the molecule is C#CC1(N(C=O)C(C)CCC)CCCC1. The van der Waals surface area contributed by atoms with E-state index in [1.807, 2.05) is 4.90 Å². The molecule has 84 valence electrons. The van der Waals surface area contributed by atoms with Crippen LogP contribution in [0.25, 0.3) is 0 Å². The van der Waals surface area contributed by atoms with Crippen LogP contribution in [0.4, 0.5) is 0 Å². The van der Waals surface area contributed by atoms with Crippen molar-refractivity contribution < 1.29 is 4.79 Å². The maximum Gasteiger partial charge on any atom is 0.211 e. The van der Waals surface area contributed by atoms with Crippen LogP contribution in [0.3, 0.4) is 0 Å². The van der Waals surface area contributed by atoms with Gasteiger partial charge in [0.05, 0.1) is 0 Å². The van der Waals surface area contributed by atoms with E-state index in [-0.39, 0.29) is 11.6 Å². The predicted molar refractivity (Wildman–Crippen MR) is 62.3 cm³/mol. The summed E-state index contributed by atoms with van der Waals surface area (Å²) in [5.41, 5.74) is -0.281. The fourth-order valence-electron chi connectivity index (χ4n) is 2.62. The van der Waals surface area contributed by atoms with Gasteiger partial charge in [-0.25, -0.2) is 0 Å². The van der Waals surface area contributed by atoms with E-state index in [9.17, 15) is 4.79 Å². The highest BCUT2D eigenvalue weighted by atomic mass is 16.1. The van der Waals surface area contributed by atoms with Crippen LogP contribution in [0.5, 0.6) is 0 Å². The van der Waals surface area contributed by atoms with Gasteiger partial charge in [0.25, 0.3) is 0 Å². The minimum absolute atomic E-state index is 0.265. The fraction of sp³-hybridized carbons (Fsp3) is 0.769. The summed E-state index contributed by atoms with van der Waals surface area (Å²) in [4.78, 5) is 13.1. The third-order valence-electron chi connectivity index (χ3n) is 3.49. The Kier molecular flexibility index (Phi) is 4.20. The lowest BCUT2D eigenvalue weighted by molar-refractivity contribution is -0.124. The summed E-state index contributed by atoms with van der Waals surface area (Å²) in [6.07, 6.45) is 12.9. The van der Waals surface area contributed by atoms with Gasteiger partial charge in [-0.15, -0.1) is 6.42 Å². The standard InChI is InChI=1S/C13H21NO/c1-4-8-12(3)14(11-15)13(5-2)9-6-7-10-13/h2,11-12H,4,6-10H2,1,3H3. The number of hydrogen-bond donors (Lipinski definition) is 0. The maximum absolute atomic E-state index is 11.2. The average Bonchev–Trinajstić information content (AvgIpc) is 2.69. The van der Waals surface area contributed by atoms with E-state index in [1.165, 1.54) is 0 Å². The molecule has 0 aromatic heterocycles. The summed E-state index contributed by atoms with van der Waals surface area (Å²) in [5, 5.41) is 0. The zero-order valence-corrected chi connectivity index (χ0v) is 9.83. The first kappa shape index (κ1) is 12.1. The van der Waals surface area contributed by atoms with E-state index < -0.39 is 0 Å². The first-order valence-electron chi connectivity index (χ1n) is 5.91. The molecular weight excluding hydrogens is 186 g/mol. The topological polar surface area (TPSA) is 20.3 Å². The highest BCUT2D eigenvalue weighted by molar-refractivity contribution is 5.52. The van der Waals surface area contributed by atoms with Crippen LogP contribution in [0, 0.1) is 12.3 Å². The normalized spacial score (nSPS) is 20.6. The van der Waals surface area contributed by atoms with Crippen LogP contribution >= 0.6 is 0 Å². The molecule has 2 heteroatoms. The van der Waals surface area contributed by atoms with Gasteiger partial charge in [0.15, 0.2) is 0 Å². The van der Waals surface area contributed by atoms with Gasteiger partial charge in [0, 0.05) is 6.04 Å². The molecule has 1 saturated carbocycles. The predicted octanol–water partition coefficient (Wildman–Crippen LogP) is 2.58. The van der Waals surface area contributed by atoms with Gasteiger partial charge in [-0.3, -0.25) is 4.79 Å². The van der Waals surface area contributed by atoms with Crippen LogP contribution in [0.1, 0.15) is 52.4 Å². The van der Waals surface area contributed by atoms with Crippen molar-refractivity contribution in [2.24, 2.45) is 0 Å². The number of carbonyl (C=O) groups excluding carboxylic acids is 1. The molecule has 15 heavy (non-hydrogen) atoms. The Balaban J connectivity index is 2.80. The lowest BCUT2D eigenvalue weighted by Gasteiger charge is -2.38. The van der Waals surface area contributed by atoms with Crippen molar-refractivity contribution in [3.63, 3.8) is 0 Å². The van der Waals surface area contributed by atoms with E-state index in [2.05, 4.69) is 19.8 Å². The summed E-state index contributed by atoms with van der Waals surface area (Å²) in [6.45, 7) is 4.23. The molecule has 0 spiro atoms. The van der Waals surface area contributed by atoms with Gasteiger partial charge < -0.3 is 4.90 Å². The van der Waals surface area contributed by atoms with Crippen LogP contribution in [-0.2, 0) is 4.79 Å². The molecule has 0 N–H and O–H groups in total. The summed E-state index contributed by atoms with van der Waals surface area (Å²) < 4.78 is 0. The van der Waals surface area contributed by atoms with Gasteiger partial charge >= 0.3 is 0 Å². The third-order valence-corrected chi connectivity index (χ3v) is 3.49. The second-order valence-electron chi connectivity index (χ2n) is 4.53. The quantitative estimate of drug-likeness (QED) is 0.501. The van der Waals surface area contributed by atoms with Crippen LogP contribution in [-0.4, -0.2) is 22.9 Å². The van der Waals surface area contributed by atoms with Gasteiger partial charge in [-0.1, -0.05) is 19.3 Å². The molecular formula is C13H21NO. The molecule has 0 saturated heterocycles. The van der Waals surface area contributed by atoms with Crippen molar-refractivity contribution in [1.29, 1.82) is 0 Å². The Morgan fingerprint density at radius 2 is 2.13 bits per heavy atom. The van der Waals surface area contributed by atoms with Crippen LogP contribution < -0.4 is 0 Å². The molecule has 1 amide bonds. The van der Waals surface area contributed by atoms with Gasteiger partial charge in [0.2, 0.25) is 6.41 Å². The summed E-state index contributed by atoms with van der Waals surface area (Å²) in [5.74, 6) is 2.86. The van der Waals surface area contributed by atoms with Crippen molar-refractivity contribution >= 4 is 6.41 Å². The van der Waals surface area contributed by atoms with E-state index >= 15 is 0 Å². The number of rotatable bonds is 5. The van der Waals surface area contributed by atoms with Crippen molar-refractivity contribution in [3.8, 4) is 12.3 Å². The number of terminal acetylenes is 1. The lowest BCUT2D eigenvalue weighted by atomic mass is 9.94. The van der Waals surface area contributed by atoms with Crippen molar-refractivity contribution in [1.82, 2.24) is 4.90 Å². The van der Waals surface area contributed by atoms with E-state index in [0.29, 0.717) is 0 Å². The molecule has 0 bridgehead atoms. The number of nitrogens with zero attached hydrogens (tertiary/aromatic N) is 1. The molecule has 1 aliphatic rings. The summed E-state index contributed by atoms with van der Waals surface area (Å²) in [6, 6.07) is 0.265. The van der Waals surface area contributed by atoms with Crippen LogP contribution in [0.15, 0.2) is 0 Å². The third kappa shape index (κ3) is 2.34. The van der Waals surface area contributed by atoms with Crippen molar-refractivity contribution in [2.75, 3.05) is 0 Å². The lowest BCUT2D eigenvalue weighted by Crippen LogP contribution is -2.49. The van der Waals surface area contributed by atoms with Gasteiger partial charge in [-0.2, -0.15) is 0 Å². The van der Waals surface area contributed by atoms with Crippen LogP contribution in [0.2, 0.25) is 0 Å². The highest BCUT2D eigenvalue weighted by Crippen LogP contribution is 2.35. The Hall–Kier alpha value is -0.970. The minimum atomic E-state index is -0.281. The zero-order valence-electron chi connectivity index (χ0n) is 9.83. The summed E-state index contributed by atoms with van der Waals surface area (Å²) >= 11 is 0. The number of hydrogen-bond acceptors (Lipinski definition) is 1. The van der Waals surface area contributed by atoms with Crippen molar-refractivity contribution in [3.05, 3.63) is 0 Å². The van der Waals surface area contributed by atoms with Gasteiger partial charge in [-0.05, 0) is 39.0 Å². The Morgan fingerprint density at radius 1 is 1.53 bits per heavy atom. The minimum Gasteiger partial charge on any atom is -0.326 e. The largest absolute Gasteiger partial charge is 0.326 e. The molecule has 0 aliphatic heterocycles. The molecule has 1 aliphatic carbocycles. The molecule has 1 rings (SSSR count). The molecule has 1 atom stereocenters. The highest BCUT2D eigenvalue weighted by Gasteiger charge is 2.39. The van der Waals surface area contributed by atoms with E-state index in [4.69, 9.17) is 6.42 Å². The molecule has 1 fully saturated rings. The molecule has 0 heterocycles. The monoisotopic (exact) mass is 207 g/mol. The average molecular weight is 207 g/mol. The Bertz CT molecular complexity index is 248.